The van der Waals surface area contributed by atoms with E-state index in [4.69, 9.17) is 4.74 Å². The van der Waals surface area contributed by atoms with E-state index < -0.39 is 0 Å². The number of methoxy groups -OCH3 is 1. The summed E-state index contributed by atoms with van der Waals surface area (Å²) in [5.41, 5.74) is 1.57. The Bertz CT molecular complexity index is 780. The lowest BCUT2D eigenvalue weighted by atomic mass is 10.2. The highest BCUT2D eigenvalue weighted by Crippen LogP contribution is 2.28. The highest BCUT2D eigenvalue weighted by molar-refractivity contribution is 8.18. The topological polar surface area (TPSA) is 70.9 Å². The highest BCUT2D eigenvalue weighted by atomic mass is 32.2. The molecule has 1 aliphatic rings. The molecule has 1 aliphatic heterocycles. The van der Waals surface area contributed by atoms with Crippen LogP contribution in [0.25, 0.3) is 6.08 Å². The maximum atomic E-state index is 12.0. The Balaban J connectivity index is 1.78. The first-order valence-electron chi connectivity index (χ1n) is 6.87. The number of benzene rings is 2. The van der Waals surface area contributed by atoms with Crippen LogP contribution in [0.2, 0.25) is 0 Å². The second-order valence-electron chi connectivity index (χ2n) is 4.77. The van der Waals surface area contributed by atoms with Crippen LogP contribution >= 0.6 is 11.8 Å². The predicted molar refractivity (Wildman–Crippen MR) is 91.9 cm³/mol. The molecule has 2 N–H and O–H groups in total. The molecule has 0 saturated carbocycles. The lowest BCUT2D eigenvalue weighted by Gasteiger charge is -1.99. The molecule has 0 aliphatic carbocycles. The van der Waals surface area contributed by atoms with Gasteiger partial charge in [-0.1, -0.05) is 12.1 Å². The minimum absolute atomic E-state index is 0.185. The molecule has 6 heteroatoms. The predicted octanol–water partition coefficient (Wildman–Crippen LogP) is 3.29. The smallest absolute Gasteiger partial charge is 0.264 e. The molecule has 23 heavy (non-hydrogen) atoms. The second kappa shape index (κ2) is 6.58. The molecule has 0 spiro atoms. The zero-order valence-electron chi connectivity index (χ0n) is 12.3. The summed E-state index contributed by atoms with van der Waals surface area (Å²) in [6, 6.07) is 13.9. The Morgan fingerprint density at radius 2 is 1.83 bits per heavy atom. The Morgan fingerprint density at radius 3 is 2.48 bits per heavy atom. The molecule has 116 valence electrons. The van der Waals surface area contributed by atoms with Crippen molar-refractivity contribution in [3.63, 3.8) is 0 Å². The molecule has 0 aromatic heterocycles. The van der Waals surface area contributed by atoms with Crippen LogP contribution in [0, 0.1) is 0 Å². The van der Waals surface area contributed by atoms with E-state index in [0.717, 1.165) is 17.0 Å². The molecule has 3 rings (SSSR count). The van der Waals surface area contributed by atoms with E-state index in [1.807, 2.05) is 24.3 Å². The summed E-state index contributed by atoms with van der Waals surface area (Å²) < 4.78 is 5.10. The van der Waals surface area contributed by atoms with Crippen LogP contribution in [0.5, 0.6) is 11.5 Å². The molecule has 1 saturated heterocycles. The van der Waals surface area contributed by atoms with Crippen LogP contribution in [-0.4, -0.2) is 23.3 Å². The lowest BCUT2D eigenvalue weighted by molar-refractivity contribution is -0.115. The van der Waals surface area contributed by atoms with E-state index in [-0.39, 0.29) is 11.7 Å². The summed E-state index contributed by atoms with van der Waals surface area (Å²) in [7, 11) is 1.61. The molecule has 1 amide bonds. The van der Waals surface area contributed by atoms with Crippen molar-refractivity contribution in [1.29, 1.82) is 0 Å². The van der Waals surface area contributed by atoms with Crippen molar-refractivity contribution in [1.82, 2.24) is 5.32 Å². The van der Waals surface area contributed by atoms with Gasteiger partial charge in [-0.25, -0.2) is 4.99 Å². The number of carbonyl (C=O) groups excluding carboxylic acids is 1. The van der Waals surface area contributed by atoms with Gasteiger partial charge in [0.05, 0.1) is 17.7 Å². The van der Waals surface area contributed by atoms with Crippen molar-refractivity contribution in [2.24, 2.45) is 4.99 Å². The van der Waals surface area contributed by atoms with Crippen LogP contribution < -0.4 is 10.1 Å². The third-order valence-corrected chi connectivity index (χ3v) is 4.05. The SMILES string of the molecule is COc1ccc(N=C2NC(=O)/C(=C/c3ccc(O)cc3)S2)cc1. The van der Waals surface area contributed by atoms with E-state index in [1.54, 1.807) is 37.5 Å². The number of ether oxygens (including phenoxy) is 1. The van der Waals surface area contributed by atoms with Crippen molar-refractivity contribution in [3.05, 3.63) is 59.0 Å². The van der Waals surface area contributed by atoms with Gasteiger partial charge in [0.1, 0.15) is 11.5 Å². The van der Waals surface area contributed by atoms with E-state index in [2.05, 4.69) is 10.3 Å². The van der Waals surface area contributed by atoms with Gasteiger partial charge in [-0.05, 0) is 59.8 Å². The molecule has 0 atom stereocenters. The van der Waals surface area contributed by atoms with Gasteiger partial charge < -0.3 is 15.2 Å². The molecule has 0 unspecified atom stereocenters. The molecular weight excluding hydrogens is 312 g/mol. The molecule has 5 nitrogen and oxygen atoms in total. The van der Waals surface area contributed by atoms with Gasteiger partial charge in [-0.2, -0.15) is 0 Å². The second-order valence-corrected chi connectivity index (χ2v) is 5.80. The maximum Gasteiger partial charge on any atom is 0.264 e. The largest absolute Gasteiger partial charge is 0.508 e. The van der Waals surface area contributed by atoms with Crippen molar-refractivity contribution in [2.45, 2.75) is 0 Å². The normalized spacial score (nSPS) is 17.5. The number of hydrogen-bond acceptors (Lipinski definition) is 5. The van der Waals surface area contributed by atoms with Crippen molar-refractivity contribution < 1.29 is 14.6 Å². The van der Waals surface area contributed by atoms with Crippen LogP contribution in [0.4, 0.5) is 5.69 Å². The van der Waals surface area contributed by atoms with Crippen LogP contribution in [0.1, 0.15) is 5.56 Å². The van der Waals surface area contributed by atoms with Gasteiger partial charge in [0, 0.05) is 0 Å². The molecule has 0 radical (unpaired) electrons. The number of amidine groups is 1. The number of hydrogen-bond donors (Lipinski definition) is 2. The summed E-state index contributed by atoms with van der Waals surface area (Å²) in [6.45, 7) is 0. The lowest BCUT2D eigenvalue weighted by Crippen LogP contribution is -2.19. The third kappa shape index (κ3) is 3.73. The van der Waals surface area contributed by atoms with Crippen LogP contribution in [0.3, 0.4) is 0 Å². The Kier molecular flexibility index (Phi) is 4.34. The summed E-state index contributed by atoms with van der Waals surface area (Å²) in [5.74, 6) is 0.762. The quantitative estimate of drug-likeness (QED) is 0.849. The first kappa shape index (κ1) is 15.2. The standard InChI is InChI=1S/C17H14N2O3S/c1-22-14-8-4-12(5-9-14)18-17-19-16(21)15(23-17)10-11-2-6-13(20)7-3-11/h2-10,20H,1H3,(H,18,19,21)/b15-10-. The van der Waals surface area contributed by atoms with Crippen molar-refractivity contribution in [2.75, 3.05) is 7.11 Å². The van der Waals surface area contributed by atoms with E-state index in [1.165, 1.54) is 11.8 Å². The number of amides is 1. The van der Waals surface area contributed by atoms with Crippen LogP contribution in [-0.2, 0) is 4.79 Å². The number of nitrogens with zero attached hydrogens (tertiary/aromatic N) is 1. The number of thioether (sulfide) groups is 1. The fourth-order valence-electron chi connectivity index (χ4n) is 1.98. The Labute approximate surface area is 137 Å². The average Bonchev–Trinajstić information content (AvgIpc) is 2.90. The van der Waals surface area contributed by atoms with Gasteiger partial charge in [-0.3, -0.25) is 4.79 Å². The van der Waals surface area contributed by atoms with Gasteiger partial charge in [0.2, 0.25) is 0 Å². The van der Waals surface area contributed by atoms with Gasteiger partial charge in [-0.15, -0.1) is 0 Å². The van der Waals surface area contributed by atoms with E-state index in [0.29, 0.717) is 10.1 Å². The zero-order chi connectivity index (χ0) is 16.2. The first-order chi connectivity index (χ1) is 11.1. The molecule has 1 heterocycles. The summed E-state index contributed by atoms with van der Waals surface area (Å²) in [5, 5.41) is 12.6. The molecule has 0 bridgehead atoms. The van der Waals surface area contributed by atoms with Gasteiger partial charge in [0.25, 0.3) is 5.91 Å². The average molecular weight is 326 g/mol. The maximum absolute atomic E-state index is 12.0. The fourth-order valence-corrected chi connectivity index (χ4v) is 2.82. The van der Waals surface area contributed by atoms with Crippen LogP contribution in [0.15, 0.2) is 58.4 Å². The number of carbonyl (C=O) groups is 1. The number of rotatable bonds is 3. The minimum atomic E-state index is -0.185. The van der Waals surface area contributed by atoms with Gasteiger partial charge in [0.15, 0.2) is 5.17 Å². The summed E-state index contributed by atoms with van der Waals surface area (Å²) >= 11 is 1.28. The Morgan fingerprint density at radius 1 is 1.13 bits per heavy atom. The Hall–Kier alpha value is -2.73. The van der Waals surface area contributed by atoms with Crippen molar-refractivity contribution >= 4 is 34.6 Å². The summed E-state index contributed by atoms with van der Waals surface area (Å²) in [6.07, 6.45) is 1.76. The fraction of sp³-hybridized carbons (Fsp3) is 0.0588. The van der Waals surface area contributed by atoms with E-state index in [9.17, 15) is 9.90 Å². The minimum Gasteiger partial charge on any atom is -0.508 e. The molecule has 2 aromatic carbocycles. The van der Waals surface area contributed by atoms with Gasteiger partial charge >= 0.3 is 0 Å². The number of phenolic OH excluding ortho intramolecular Hbond substituents is 1. The van der Waals surface area contributed by atoms with E-state index >= 15 is 0 Å². The number of phenols is 1. The summed E-state index contributed by atoms with van der Waals surface area (Å²) in [4.78, 5) is 17.0. The zero-order valence-corrected chi connectivity index (χ0v) is 13.1. The first-order valence-corrected chi connectivity index (χ1v) is 7.68. The number of aliphatic imine (C=N–C) groups is 1. The molecular formula is C17H14N2O3S. The molecule has 1 fully saturated rings. The number of aromatic hydroxyl groups is 1. The monoisotopic (exact) mass is 326 g/mol. The molecule has 2 aromatic rings. The third-order valence-electron chi connectivity index (χ3n) is 3.14. The number of nitrogens with one attached hydrogen (secondary N) is 1. The highest BCUT2D eigenvalue weighted by Gasteiger charge is 2.23. The van der Waals surface area contributed by atoms with Crippen molar-refractivity contribution in [3.8, 4) is 11.5 Å².